The second kappa shape index (κ2) is 11.2. The molecule has 0 unspecified atom stereocenters. The van der Waals surface area contributed by atoms with Crippen molar-refractivity contribution in [2.45, 2.75) is 19.3 Å². The highest BCUT2D eigenvalue weighted by Gasteiger charge is 2.36. The molecule has 0 atom stereocenters. The van der Waals surface area contributed by atoms with Gasteiger partial charge in [-0.2, -0.15) is 0 Å². The number of hydrogen-bond acceptors (Lipinski definition) is 0. The second-order valence-electron chi connectivity index (χ2n) is 15.2. The molecular formula is C53H36. The molecule has 1 aliphatic rings. The number of hydrogen-bond donors (Lipinski definition) is 0. The van der Waals surface area contributed by atoms with Gasteiger partial charge in [0.2, 0.25) is 0 Å². The van der Waals surface area contributed by atoms with Gasteiger partial charge in [0.15, 0.2) is 0 Å². The van der Waals surface area contributed by atoms with Crippen molar-refractivity contribution in [1.82, 2.24) is 0 Å². The molecule has 0 bridgehead atoms. The van der Waals surface area contributed by atoms with E-state index in [9.17, 15) is 0 Å². The van der Waals surface area contributed by atoms with Crippen LogP contribution in [0.3, 0.4) is 0 Å². The zero-order valence-corrected chi connectivity index (χ0v) is 29.8. The van der Waals surface area contributed by atoms with Crippen molar-refractivity contribution >= 4 is 53.9 Å². The largest absolute Gasteiger partial charge is 0.0616 e. The molecular weight excluding hydrogens is 637 g/mol. The highest BCUT2D eigenvalue weighted by Crippen LogP contribution is 2.52. The standard InChI is InChI=1S/C53H36/c1-53(2)48-28-27-35(31-47(48)52-39-19-6-3-14-33(39)26-29-49(52)53)34-16-13-17-37(30-34)50-42-22-9-11-24-44(42)51(45-25-12-10-23-43(45)50)46-32-36-15-4-5-18-38(36)40-20-7-8-21-41(40)46/h3-32H,1-2H3. The lowest BCUT2D eigenvalue weighted by Crippen LogP contribution is -2.14. The van der Waals surface area contributed by atoms with E-state index in [-0.39, 0.29) is 5.41 Å². The molecule has 0 saturated heterocycles. The minimum absolute atomic E-state index is 0.0506. The molecule has 0 spiro atoms. The Balaban J connectivity index is 1.14. The molecule has 0 nitrogen and oxygen atoms in total. The van der Waals surface area contributed by atoms with E-state index >= 15 is 0 Å². The van der Waals surface area contributed by atoms with Crippen LogP contribution in [-0.2, 0) is 5.41 Å². The lowest BCUT2D eigenvalue weighted by atomic mass is 9.81. The van der Waals surface area contributed by atoms with E-state index in [1.165, 1.54) is 109 Å². The van der Waals surface area contributed by atoms with Gasteiger partial charge >= 0.3 is 0 Å². The van der Waals surface area contributed by atoms with E-state index in [4.69, 9.17) is 0 Å². The Morgan fingerprint density at radius 1 is 0.283 bits per heavy atom. The molecule has 0 heteroatoms. The molecule has 0 fully saturated rings. The first-order valence-corrected chi connectivity index (χ1v) is 18.7. The molecule has 1 aliphatic carbocycles. The van der Waals surface area contributed by atoms with Gasteiger partial charge in [0.05, 0.1) is 0 Å². The van der Waals surface area contributed by atoms with Crippen molar-refractivity contribution in [3.05, 3.63) is 193 Å². The Morgan fingerprint density at radius 3 is 1.53 bits per heavy atom. The third kappa shape index (κ3) is 4.36. The fourth-order valence-electron chi connectivity index (χ4n) is 9.55. The Labute approximate surface area is 309 Å². The Morgan fingerprint density at radius 2 is 0.811 bits per heavy atom. The smallest absolute Gasteiger partial charge is 0.0159 e. The molecule has 10 aromatic carbocycles. The van der Waals surface area contributed by atoms with Gasteiger partial charge in [-0.25, -0.2) is 0 Å². The first kappa shape index (κ1) is 30.2. The van der Waals surface area contributed by atoms with Crippen LogP contribution in [0.25, 0.3) is 98.4 Å². The summed E-state index contributed by atoms with van der Waals surface area (Å²) >= 11 is 0. The summed E-state index contributed by atoms with van der Waals surface area (Å²) in [4.78, 5) is 0. The summed E-state index contributed by atoms with van der Waals surface area (Å²) < 4.78 is 0. The zero-order valence-electron chi connectivity index (χ0n) is 29.8. The van der Waals surface area contributed by atoms with Crippen LogP contribution in [0.15, 0.2) is 182 Å². The van der Waals surface area contributed by atoms with Crippen LogP contribution >= 0.6 is 0 Å². The van der Waals surface area contributed by atoms with Crippen molar-refractivity contribution < 1.29 is 0 Å². The van der Waals surface area contributed by atoms with Crippen LogP contribution in [0.1, 0.15) is 25.0 Å². The second-order valence-corrected chi connectivity index (χ2v) is 15.2. The molecule has 0 heterocycles. The topological polar surface area (TPSA) is 0 Å². The van der Waals surface area contributed by atoms with Crippen LogP contribution in [0, 0.1) is 0 Å². The summed E-state index contributed by atoms with van der Waals surface area (Å²) in [5.41, 5.74) is 13.1. The minimum Gasteiger partial charge on any atom is -0.0616 e. The van der Waals surface area contributed by atoms with E-state index in [1.807, 2.05) is 0 Å². The zero-order chi connectivity index (χ0) is 35.3. The van der Waals surface area contributed by atoms with Crippen molar-refractivity contribution in [3.63, 3.8) is 0 Å². The van der Waals surface area contributed by atoms with Crippen LogP contribution < -0.4 is 0 Å². The van der Waals surface area contributed by atoms with E-state index in [0.29, 0.717) is 0 Å². The SMILES string of the molecule is CC1(C)c2ccc(-c3cccc(-c4c5ccccc5c(-c5cc6ccccc6c6ccccc56)c5ccccc45)c3)cc2-c2c1ccc1ccccc21. The Bertz CT molecular complexity index is 3080. The monoisotopic (exact) mass is 672 g/mol. The van der Waals surface area contributed by atoms with Gasteiger partial charge in [0, 0.05) is 5.41 Å². The molecule has 53 heavy (non-hydrogen) atoms. The summed E-state index contributed by atoms with van der Waals surface area (Å²) in [6.07, 6.45) is 0. The quantitative estimate of drug-likeness (QED) is 0.129. The van der Waals surface area contributed by atoms with E-state index in [2.05, 4.69) is 196 Å². The average Bonchev–Trinajstić information content (AvgIpc) is 3.45. The fraction of sp³-hybridized carbons (Fsp3) is 0.0566. The van der Waals surface area contributed by atoms with Gasteiger partial charge in [-0.3, -0.25) is 0 Å². The average molecular weight is 673 g/mol. The summed E-state index contributed by atoms with van der Waals surface area (Å²) in [5.74, 6) is 0. The van der Waals surface area contributed by atoms with Gasteiger partial charge < -0.3 is 0 Å². The molecule has 0 radical (unpaired) electrons. The van der Waals surface area contributed by atoms with Crippen molar-refractivity contribution in [3.8, 4) is 44.5 Å². The predicted molar refractivity (Wildman–Crippen MR) is 228 cm³/mol. The highest BCUT2D eigenvalue weighted by atomic mass is 14.4. The maximum atomic E-state index is 2.44. The van der Waals surface area contributed by atoms with Gasteiger partial charge in [0.1, 0.15) is 0 Å². The summed E-state index contributed by atoms with van der Waals surface area (Å²) in [6, 6.07) is 67.9. The summed E-state index contributed by atoms with van der Waals surface area (Å²) in [5, 5.41) is 12.8. The molecule has 10 aromatic rings. The number of benzene rings is 10. The third-order valence-electron chi connectivity index (χ3n) is 12.0. The van der Waals surface area contributed by atoms with Gasteiger partial charge in [0.25, 0.3) is 0 Å². The first-order valence-electron chi connectivity index (χ1n) is 18.7. The first-order chi connectivity index (χ1) is 26.1. The van der Waals surface area contributed by atoms with E-state index < -0.39 is 0 Å². The lowest BCUT2D eigenvalue weighted by Gasteiger charge is -2.22. The van der Waals surface area contributed by atoms with E-state index in [1.54, 1.807) is 0 Å². The summed E-state index contributed by atoms with van der Waals surface area (Å²) in [6.45, 7) is 4.74. The maximum absolute atomic E-state index is 2.44. The number of rotatable bonds is 3. The molecule has 0 aliphatic heterocycles. The van der Waals surface area contributed by atoms with Gasteiger partial charge in [-0.05, 0) is 128 Å². The third-order valence-corrected chi connectivity index (χ3v) is 12.0. The van der Waals surface area contributed by atoms with E-state index in [0.717, 1.165) is 0 Å². The predicted octanol–water partition coefficient (Wildman–Crippen LogP) is 14.8. The molecule has 248 valence electrons. The Kier molecular flexibility index (Phi) is 6.40. The molecule has 11 rings (SSSR count). The normalized spacial score (nSPS) is 13.2. The molecule has 0 N–H and O–H groups in total. The maximum Gasteiger partial charge on any atom is 0.0159 e. The number of fused-ring (bicyclic) bond motifs is 10. The summed E-state index contributed by atoms with van der Waals surface area (Å²) in [7, 11) is 0. The van der Waals surface area contributed by atoms with Crippen LogP contribution in [0.5, 0.6) is 0 Å². The van der Waals surface area contributed by atoms with Gasteiger partial charge in [-0.1, -0.05) is 178 Å². The molecule has 0 saturated carbocycles. The molecule has 0 aromatic heterocycles. The van der Waals surface area contributed by atoms with Crippen LogP contribution in [-0.4, -0.2) is 0 Å². The van der Waals surface area contributed by atoms with Crippen LogP contribution in [0.2, 0.25) is 0 Å². The Hall–Kier alpha value is -6.50. The van der Waals surface area contributed by atoms with Crippen molar-refractivity contribution in [2.75, 3.05) is 0 Å². The fourth-order valence-corrected chi connectivity index (χ4v) is 9.55. The lowest BCUT2D eigenvalue weighted by molar-refractivity contribution is 0.661. The highest BCUT2D eigenvalue weighted by molar-refractivity contribution is 6.25. The molecule has 0 amide bonds. The minimum atomic E-state index is -0.0506. The van der Waals surface area contributed by atoms with Crippen LogP contribution in [0.4, 0.5) is 0 Å². The van der Waals surface area contributed by atoms with Crippen molar-refractivity contribution in [2.24, 2.45) is 0 Å². The van der Waals surface area contributed by atoms with Crippen molar-refractivity contribution in [1.29, 1.82) is 0 Å². The van der Waals surface area contributed by atoms with Gasteiger partial charge in [-0.15, -0.1) is 0 Å².